The Hall–Kier alpha value is -0.570. The highest BCUT2D eigenvalue weighted by molar-refractivity contribution is 5.69. The van der Waals surface area contributed by atoms with E-state index in [4.69, 9.17) is 4.74 Å². The van der Waals surface area contributed by atoms with Gasteiger partial charge in [-0.05, 0) is 97.7 Å². The summed E-state index contributed by atoms with van der Waals surface area (Å²) in [6, 6.07) is 0. The van der Waals surface area contributed by atoms with Gasteiger partial charge < -0.3 is 9.84 Å². The molecule has 0 aromatic carbocycles. The zero-order chi connectivity index (χ0) is 20.8. The van der Waals surface area contributed by atoms with Crippen molar-refractivity contribution in [3.05, 3.63) is 0 Å². The molecule has 2 bridgehead atoms. The number of ether oxygens (including phenoxy) is 1. The SMILES string of the molecule is COC(=O)CC[C@@H](C)C1CCC2C3C(CC[C@@]21C)[C@@]1(C)CCCC[C@H](C[C@H]3O)C1. The number of hydrogen-bond acceptors (Lipinski definition) is 3. The van der Waals surface area contributed by atoms with Crippen LogP contribution in [0, 0.1) is 46.3 Å². The number of methoxy groups -OCH3 is 1. The van der Waals surface area contributed by atoms with E-state index in [1.807, 2.05) is 0 Å². The van der Waals surface area contributed by atoms with Crippen molar-refractivity contribution in [1.29, 1.82) is 0 Å². The van der Waals surface area contributed by atoms with Crippen molar-refractivity contribution in [3.8, 4) is 0 Å². The lowest BCUT2D eigenvalue weighted by Crippen LogP contribution is -2.50. The van der Waals surface area contributed by atoms with Crippen LogP contribution in [0.3, 0.4) is 0 Å². The molecule has 9 atom stereocenters. The molecule has 166 valence electrons. The topological polar surface area (TPSA) is 46.5 Å². The summed E-state index contributed by atoms with van der Waals surface area (Å²) in [6.07, 6.45) is 14.4. The van der Waals surface area contributed by atoms with E-state index < -0.39 is 0 Å². The van der Waals surface area contributed by atoms with Gasteiger partial charge in [-0.3, -0.25) is 4.79 Å². The second-order valence-corrected chi connectivity index (χ2v) is 11.9. The molecule has 0 radical (unpaired) electrons. The van der Waals surface area contributed by atoms with Gasteiger partial charge in [0, 0.05) is 6.42 Å². The van der Waals surface area contributed by atoms with Crippen LogP contribution in [0.1, 0.15) is 97.8 Å². The summed E-state index contributed by atoms with van der Waals surface area (Å²) in [6.45, 7) is 7.48. The molecule has 0 amide bonds. The van der Waals surface area contributed by atoms with Gasteiger partial charge in [-0.1, -0.05) is 40.0 Å². The first-order valence-corrected chi connectivity index (χ1v) is 12.5. The molecule has 4 saturated carbocycles. The largest absolute Gasteiger partial charge is 0.469 e. The first kappa shape index (κ1) is 21.7. The van der Waals surface area contributed by atoms with E-state index >= 15 is 0 Å². The molecular formula is C26H44O3. The van der Waals surface area contributed by atoms with Crippen molar-refractivity contribution in [2.45, 2.75) is 104 Å². The van der Waals surface area contributed by atoms with Gasteiger partial charge in [0.1, 0.15) is 0 Å². The van der Waals surface area contributed by atoms with Gasteiger partial charge in [0.15, 0.2) is 0 Å². The maximum Gasteiger partial charge on any atom is 0.305 e. The smallest absolute Gasteiger partial charge is 0.305 e. The molecule has 0 heterocycles. The lowest BCUT2D eigenvalue weighted by molar-refractivity contribution is -0.141. The molecule has 4 aliphatic carbocycles. The lowest BCUT2D eigenvalue weighted by atomic mass is 9.51. The Bertz CT molecular complexity index is 603. The van der Waals surface area contributed by atoms with Crippen molar-refractivity contribution in [2.75, 3.05) is 7.11 Å². The highest BCUT2D eigenvalue weighted by Crippen LogP contribution is 2.66. The summed E-state index contributed by atoms with van der Waals surface area (Å²) in [5.41, 5.74) is 0.780. The highest BCUT2D eigenvalue weighted by atomic mass is 16.5. The van der Waals surface area contributed by atoms with E-state index in [-0.39, 0.29) is 12.1 Å². The summed E-state index contributed by atoms with van der Waals surface area (Å²) in [5.74, 6) is 3.79. The molecule has 0 aromatic heterocycles. The fourth-order valence-electron chi connectivity index (χ4n) is 9.03. The normalized spacial score (nSPS) is 48.0. The van der Waals surface area contributed by atoms with Gasteiger partial charge >= 0.3 is 5.97 Å². The molecule has 1 N–H and O–H groups in total. The summed E-state index contributed by atoms with van der Waals surface area (Å²) in [7, 11) is 1.49. The first-order chi connectivity index (χ1) is 13.8. The zero-order valence-electron chi connectivity index (χ0n) is 19.3. The summed E-state index contributed by atoms with van der Waals surface area (Å²) < 4.78 is 4.88. The third-order valence-corrected chi connectivity index (χ3v) is 10.4. The van der Waals surface area contributed by atoms with E-state index in [0.717, 1.165) is 18.8 Å². The summed E-state index contributed by atoms with van der Waals surface area (Å²) in [5, 5.41) is 11.5. The van der Waals surface area contributed by atoms with Gasteiger partial charge in [0.25, 0.3) is 0 Å². The number of rotatable bonds is 4. The molecule has 3 nitrogen and oxygen atoms in total. The molecule has 0 aliphatic heterocycles. The minimum atomic E-state index is -0.0984. The van der Waals surface area contributed by atoms with Gasteiger partial charge in [0.05, 0.1) is 13.2 Å². The quantitative estimate of drug-likeness (QED) is 0.586. The molecule has 3 heteroatoms. The fourth-order valence-corrected chi connectivity index (χ4v) is 9.03. The lowest BCUT2D eigenvalue weighted by Gasteiger charge is -2.55. The summed E-state index contributed by atoms with van der Waals surface area (Å²) in [4.78, 5) is 11.7. The first-order valence-electron chi connectivity index (χ1n) is 12.5. The molecule has 4 fully saturated rings. The predicted octanol–water partition coefficient (Wildman–Crippen LogP) is 5.99. The Labute approximate surface area is 178 Å². The van der Waals surface area contributed by atoms with Crippen molar-refractivity contribution >= 4 is 5.97 Å². The van der Waals surface area contributed by atoms with E-state index in [1.165, 1.54) is 64.9 Å². The third kappa shape index (κ3) is 3.79. The Morgan fingerprint density at radius 1 is 1.10 bits per heavy atom. The maximum absolute atomic E-state index is 11.7. The van der Waals surface area contributed by atoms with Crippen LogP contribution in [-0.4, -0.2) is 24.3 Å². The van der Waals surface area contributed by atoms with Crippen molar-refractivity contribution in [3.63, 3.8) is 0 Å². The van der Waals surface area contributed by atoms with Crippen molar-refractivity contribution in [1.82, 2.24) is 0 Å². The van der Waals surface area contributed by atoms with E-state index in [0.29, 0.717) is 46.8 Å². The second-order valence-electron chi connectivity index (χ2n) is 11.9. The number of hydrogen-bond donors (Lipinski definition) is 1. The number of carbonyl (C=O) groups is 1. The molecular weight excluding hydrogens is 360 g/mol. The zero-order valence-corrected chi connectivity index (χ0v) is 19.3. The van der Waals surface area contributed by atoms with Crippen molar-refractivity contribution in [2.24, 2.45) is 46.3 Å². The molecule has 4 aliphatic rings. The van der Waals surface area contributed by atoms with E-state index in [1.54, 1.807) is 0 Å². The van der Waals surface area contributed by atoms with Crippen molar-refractivity contribution < 1.29 is 14.6 Å². The van der Waals surface area contributed by atoms with Crippen LogP contribution < -0.4 is 0 Å². The van der Waals surface area contributed by atoms with Crippen LogP contribution in [0.5, 0.6) is 0 Å². The minimum absolute atomic E-state index is 0.0734. The second kappa shape index (κ2) is 8.17. The predicted molar refractivity (Wildman–Crippen MR) is 116 cm³/mol. The van der Waals surface area contributed by atoms with Gasteiger partial charge in [-0.25, -0.2) is 0 Å². The Kier molecular flexibility index (Phi) is 6.10. The monoisotopic (exact) mass is 404 g/mol. The summed E-state index contributed by atoms with van der Waals surface area (Å²) >= 11 is 0. The molecule has 4 unspecified atom stereocenters. The van der Waals surface area contributed by atoms with Gasteiger partial charge in [0.2, 0.25) is 0 Å². The van der Waals surface area contributed by atoms with E-state index in [9.17, 15) is 9.90 Å². The highest BCUT2D eigenvalue weighted by Gasteiger charge is 2.60. The van der Waals surface area contributed by atoms with E-state index in [2.05, 4.69) is 20.8 Å². The average Bonchev–Trinajstić information content (AvgIpc) is 2.87. The maximum atomic E-state index is 11.7. The number of fused-ring (bicyclic) bond motifs is 6. The molecule has 0 saturated heterocycles. The number of aliphatic hydroxyl groups excluding tert-OH is 1. The van der Waals surface area contributed by atoms with Crippen LogP contribution in [-0.2, 0) is 9.53 Å². The van der Waals surface area contributed by atoms with Crippen LogP contribution in [0.2, 0.25) is 0 Å². The number of aliphatic hydroxyl groups is 1. The van der Waals surface area contributed by atoms with Crippen LogP contribution >= 0.6 is 0 Å². The van der Waals surface area contributed by atoms with Crippen LogP contribution in [0.4, 0.5) is 0 Å². The molecule has 0 aromatic rings. The molecule has 4 rings (SSSR count). The number of esters is 1. The Balaban J connectivity index is 1.56. The minimum Gasteiger partial charge on any atom is -0.469 e. The van der Waals surface area contributed by atoms with Gasteiger partial charge in [-0.15, -0.1) is 0 Å². The number of carbonyl (C=O) groups excluding carboxylic acids is 1. The third-order valence-electron chi connectivity index (χ3n) is 10.4. The average molecular weight is 405 g/mol. The Morgan fingerprint density at radius 3 is 2.66 bits per heavy atom. The van der Waals surface area contributed by atoms with Gasteiger partial charge in [-0.2, -0.15) is 0 Å². The van der Waals surface area contributed by atoms with Crippen LogP contribution in [0.15, 0.2) is 0 Å². The standard InChI is InChI=1S/C26H44O3/c1-17(8-11-23(28)29-4)19-9-10-21-24-20(12-14-26(19,21)3)25(2)13-6-5-7-18(16-25)15-22(24)27/h17-22,24,27H,5-16H2,1-4H3/t17-,18-,19?,20?,21?,22-,24?,25+,26-/m1/s1. The Morgan fingerprint density at radius 2 is 1.90 bits per heavy atom. The van der Waals surface area contributed by atoms with Crippen LogP contribution in [0.25, 0.3) is 0 Å². The molecule has 29 heavy (non-hydrogen) atoms. The molecule has 0 spiro atoms. The fraction of sp³-hybridized carbons (Fsp3) is 0.962.